The van der Waals surface area contributed by atoms with Crippen molar-refractivity contribution in [3.8, 4) is 11.1 Å². The lowest BCUT2D eigenvalue weighted by Crippen LogP contribution is -2.13. The molecule has 0 fully saturated rings. The lowest BCUT2D eigenvalue weighted by molar-refractivity contribution is 0.0581. The van der Waals surface area contributed by atoms with Crippen LogP contribution in [-0.4, -0.2) is 33.3 Å². The average Bonchev–Trinajstić information content (AvgIpc) is 2.85. The molecule has 1 aromatic heterocycles. The van der Waals surface area contributed by atoms with E-state index in [1.54, 1.807) is 37.3 Å². The van der Waals surface area contributed by atoms with E-state index in [1.165, 1.54) is 4.57 Å². The summed E-state index contributed by atoms with van der Waals surface area (Å²) >= 11 is 0. The Hall–Kier alpha value is -2.60. The first-order valence-electron chi connectivity index (χ1n) is 7.81. The largest absolute Gasteiger partial charge is 0.478 e. The van der Waals surface area contributed by atoms with Crippen molar-refractivity contribution < 1.29 is 24.5 Å². The number of rotatable bonds is 8. The Bertz CT molecular complexity index is 734. The first-order valence-corrected chi connectivity index (χ1v) is 7.81. The number of ether oxygens (including phenoxy) is 1. The summed E-state index contributed by atoms with van der Waals surface area (Å²) in [6.45, 7) is 4.14. The molecule has 0 aliphatic heterocycles. The molecule has 0 saturated heterocycles. The number of hydrogen-bond acceptors (Lipinski definition) is 3. The molecule has 0 aliphatic rings. The van der Waals surface area contributed by atoms with Crippen molar-refractivity contribution >= 4 is 11.9 Å². The van der Waals surface area contributed by atoms with Gasteiger partial charge in [-0.15, -0.1) is 0 Å². The van der Waals surface area contributed by atoms with Crippen molar-refractivity contribution in [1.29, 1.82) is 0 Å². The van der Waals surface area contributed by atoms with Crippen molar-refractivity contribution in [2.24, 2.45) is 0 Å². The van der Waals surface area contributed by atoms with E-state index in [0.29, 0.717) is 17.9 Å². The average molecular weight is 331 g/mol. The Morgan fingerprint density at radius 2 is 1.79 bits per heavy atom. The molecule has 24 heavy (non-hydrogen) atoms. The van der Waals surface area contributed by atoms with Crippen molar-refractivity contribution in [3.63, 3.8) is 0 Å². The van der Waals surface area contributed by atoms with Gasteiger partial charge in [-0.2, -0.15) is 0 Å². The van der Waals surface area contributed by atoms with Crippen molar-refractivity contribution in [3.05, 3.63) is 47.3 Å². The molecule has 2 rings (SSSR count). The third kappa shape index (κ3) is 3.49. The van der Waals surface area contributed by atoms with Crippen LogP contribution in [0.2, 0.25) is 0 Å². The summed E-state index contributed by atoms with van der Waals surface area (Å²) in [5.41, 5.74) is 1.08. The molecule has 0 spiro atoms. The minimum atomic E-state index is -1.18. The van der Waals surface area contributed by atoms with Gasteiger partial charge in [0.25, 0.3) is 0 Å². The zero-order valence-corrected chi connectivity index (χ0v) is 13.8. The number of nitrogens with zero attached hydrogens (tertiary/aromatic N) is 1. The number of benzene rings is 1. The fraction of sp³-hybridized carbons (Fsp3) is 0.333. The molecule has 0 amide bonds. The predicted molar refractivity (Wildman–Crippen MR) is 89.4 cm³/mol. The van der Waals surface area contributed by atoms with Crippen molar-refractivity contribution in [2.75, 3.05) is 6.61 Å². The van der Waals surface area contributed by atoms with Gasteiger partial charge in [-0.3, -0.25) is 0 Å². The summed E-state index contributed by atoms with van der Waals surface area (Å²) in [4.78, 5) is 23.6. The van der Waals surface area contributed by atoms with Crippen LogP contribution >= 0.6 is 0 Å². The highest BCUT2D eigenvalue weighted by molar-refractivity contribution is 6.05. The highest BCUT2D eigenvalue weighted by Gasteiger charge is 2.29. The lowest BCUT2D eigenvalue weighted by atomic mass is 10.0. The van der Waals surface area contributed by atoms with Crippen LogP contribution in [0.15, 0.2) is 30.3 Å². The molecule has 0 saturated carbocycles. The number of aromatic nitrogens is 1. The second kappa shape index (κ2) is 7.79. The number of carboxylic acids is 2. The normalized spacial score (nSPS) is 10.8. The summed E-state index contributed by atoms with van der Waals surface area (Å²) in [5.74, 6) is -2.33. The maximum atomic E-state index is 11.8. The van der Waals surface area contributed by atoms with E-state index in [1.807, 2.05) is 6.92 Å². The van der Waals surface area contributed by atoms with Crippen LogP contribution in [-0.2, 0) is 11.5 Å². The molecule has 6 nitrogen and oxygen atoms in total. The van der Waals surface area contributed by atoms with Gasteiger partial charge in [0.05, 0.1) is 5.56 Å². The van der Waals surface area contributed by atoms with E-state index in [2.05, 4.69) is 0 Å². The Kier molecular flexibility index (Phi) is 5.76. The molecular formula is C18H21NO5. The maximum absolute atomic E-state index is 11.8. The highest BCUT2D eigenvalue weighted by atomic mass is 16.5. The first kappa shape index (κ1) is 17.7. The van der Waals surface area contributed by atoms with E-state index in [9.17, 15) is 19.8 Å². The van der Waals surface area contributed by atoms with Gasteiger partial charge >= 0.3 is 11.9 Å². The molecule has 0 aliphatic carbocycles. The van der Waals surface area contributed by atoms with Crippen LogP contribution in [0.4, 0.5) is 0 Å². The van der Waals surface area contributed by atoms with Crippen LogP contribution in [0.25, 0.3) is 11.1 Å². The predicted octanol–water partition coefficient (Wildman–Crippen LogP) is 3.63. The van der Waals surface area contributed by atoms with Gasteiger partial charge in [0, 0.05) is 17.9 Å². The van der Waals surface area contributed by atoms with E-state index in [-0.39, 0.29) is 23.6 Å². The summed E-state index contributed by atoms with van der Waals surface area (Å²) < 4.78 is 6.94. The second-order valence-electron chi connectivity index (χ2n) is 5.48. The minimum Gasteiger partial charge on any atom is -0.478 e. The van der Waals surface area contributed by atoms with Crippen LogP contribution in [0.5, 0.6) is 0 Å². The summed E-state index contributed by atoms with van der Waals surface area (Å²) in [5, 5.41) is 19.3. The zero-order valence-electron chi connectivity index (χ0n) is 13.8. The standard InChI is InChI=1S/C18H21NO5/c1-3-4-10-24-11-19-12(2)14(17(20)21)15(16(19)18(22)23)13-8-6-5-7-9-13/h5-9H,3-4,10-11H2,1-2H3,(H,20,21)(H,22,23). The van der Waals surface area contributed by atoms with Crippen molar-refractivity contribution in [2.45, 2.75) is 33.4 Å². The van der Waals surface area contributed by atoms with Gasteiger partial charge < -0.3 is 19.5 Å². The van der Waals surface area contributed by atoms with Crippen LogP contribution in [0.3, 0.4) is 0 Å². The highest BCUT2D eigenvalue weighted by Crippen LogP contribution is 2.33. The molecule has 6 heteroatoms. The smallest absolute Gasteiger partial charge is 0.353 e. The van der Waals surface area contributed by atoms with Gasteiger partial charge in [-0.05, 0) is 18.9 Å². The Morgan fingerprint density at radius 1 is 1.12 bits per heavy atom. The summed E-state index contributed by atoms with van der Waals surface area (Å²) in [7, 11) is 0. The second-order valence-corrected chi connectivity index (χ2v) is 5.48. The van der Waals surface area contributed by atoms with E-state index >= 15 is 0 Å². The molecule has 1 heterocycles. The number of carboxylic acid groups (broad SMARTS) is 2. The summed E-state index contributed by atoms with van der Waals surface area (Å²) in [6.07, 6.45) is 1.83. The topological polar surface area (TPSA) is 88.8 Å². The molecule has 128 valence electrons. The quantitative estimate of drug-likeness (QED) is 0.721. The third-order valence-corrected chi connectivity index (χ3v) is 3.86. The molecule has 0 radical (unpaired) electrons. The number of carbonyl (C=O) groups is 2. The monoisotopic (exact) mass is 331 g/mol. The van der Waals surface area contributed by atoms with Crippen LogP contribution in [0, 0.1) is 6.92 Å². The number of aromatic carboxylic acids is 2. The zero-order chi connectivity index (χ0) is 17.7. The van der Waals surface area contributed by atoms with Gasteiger partial charge in [0.1, 0.15) is 12.4 Å². The fourth-order valence-corrected chi connectivity index (χ4v) is 2.67. The van der Waals surface area contributed by atoms with Crippen molar-refractivity contribution in [1.82, 2.24) is 4.57 Å². The fourth-order valence-electron chi connectivity index (χ4n) is 2.67. The van der Waals surface area contributed by atoms with E-state index in [4.69, 9.17) is 4.74 Å². The van der Waals surface area contributed by atoms with Crippen LogP contribution < -0.4 is 0 Å². The lowest BCUT2D eigenvalue weighted by Gasteiger charge is -2.10. The first-order chi connectivity index (χ1) is 11.5. The molecule has 2 N–H and O–H groups in total. The van der Waals surface area contributed by atoms with E-state index < -0.39 is 11.9 Å². The number of unbranched alkanes of at least 4 members (excludes halogenated alkanes) is 1. The van der Waals surface area contributed by atoms with Crippen LogP contribution in [0.1, 0.15) is 46.3 Å². The maximum Gasteiger partial charge on any atom is 0.353 e. The Balaban J connectivity index is 2.59. The molecule has 1 aromatic carbocycles. The third-order valence-electron chi connectivity index (χ3n) is 3.86. The molecule has 2 aromatic rings. The van der Waals surface area contributed by atoms with E-state index in [0.717, 1.165) is 12.8 Å². The van der Waals surface area contributed by atoms with Gasteiger partial charge in [0.15, 0.2) is 0 Å². The van der Waals surface area contributed by atoms with Gasteiger partial charge in [-0.25, -0.2) is 9.59 Å². The van der Waals surface area contributed by atoms with Gasteiger partial charge in [-0.1, -0.05) is 43.7 Å². The van der Waals surface area contributed by atoms with Gasteiger partial charge in [0.2, 0.25) is 0 Å². The SMILES string of the molecule is CCCCOCn1c(C)c(C(=O)O)c(-c2ccccc2)c1C(=O)O. The summed E-state index contributed by atoms with van der Waals surface area (Å²) in [6, 6.07) is 8.70. The minimum absolute atomic E-state index is 0.00214. The Morgan fingerprint density at radius 3 is 2.33 bits per heavy atom. The molecule has 0 atom stereocenters. The Labute approximate surface area is 140 Å². The molecular weight excluding hydrogens is 310 g/mol. The molecule has 0 bridgehead atoms. The number of hydrogen-bond donors (Lipinski definition) is 2. The molecule has 0 unspecified atom stereocenters.